The Kier molecular flexibility index (Phi) is 4.63. The lowest BCUT2D eigenvalue weighted by Crippen LogP contribution is -2.67. The number of fused-ring (bicyclic) bond motifs is 3. The molecular formula is C9H17F3N2O3S. The first-order valence-electron chi connectivity index (χ1n) is 5.69. The number of hydrogen-bond acceptors (Lipinski definition) is 4. The van der Waals surface area contributed by atoms with Crippen LogP contribution in [-0.4, -0.2) is 73.7 Å². The summed E-state index contributed by atoms with van der Waals surface area (Å²) in [6.45, 7) is 12.0. The molecule has 2 bridgehead atoms. The molecule has 0 radical (unpaired) electrons. The molecule has 3 heterocycles. The van der Waals surface area contributed by atoms with Gasteiger partial charge < -0.3 is 9.04 Å². The van der Waals surface area contributed by atoms with Crippen LogP contribution in [0.25, 0.3) is 0 Å². The van der Waals surface area contributed by atoms with Gasteiger partial charge in [0.1, 0.15) is 0 Å². The highest BCUT2D eigenvalue weighted by molar-refractivity contribution is 7.86. The Balaban J connectivity index is 0.000000187. The van der Waals surface area contributed by atoms with Gasteiger partial charge in [0.15, 0.2) is 10.1 Å². The van der Waals surface area contributed by atoms with Gasteiger partial charge in [-0.25, -0.2) is 8.42 Å². The van der Waals surface area contributed by atoms with Gasteiger partial charge in [-0.05, 0) is 6.92 Å². The fraction of sp³-hybridized carbons (Fsp3) is 1.00. The molecule has 0 atom stereocenters. The number of alkyl halides is 3. The minimum atomic E-state index is -6.09. The summed E-state index contributed by atoms with van der Waals surface area (Å²) < 4.78 is 60.3. The summed E-state index contributed by atoms with van der Waals surface area (Å²) in [7, 11) is -6.09. The molecule has 0 aromatic carbocycles. The molecule has 0 N–H and O–H groups in total. The summed E-state index contributed by atoms with van der Waals surface area (Å²) in [5, 5.41) is 0. The number of piperazine rings is 3. The first kappa shape index (κ1) is 15.7. The number of hydrogen-bond donors (Lipinski definition) is 0. The molecule has 108 valence electrons. The van der Waals surface area contributed by atoms with Gasteiger partial charge in [-0.1, -0.05) is 0 Å². The molecule has 3 fully saturated rings. The Bertz CT molecular complexity index is 361. The van der Waals surface area contributed by atoms with Crippen LogP contribution in [0.4, 0.5) is 13.2 Å². The van der Waals surface area contributed by atoms with Gasteiger partial charge in [-0.3, -0.25) is 4.90 Å². The van der Waals surface area contributed by atoms with Gasteiger partial charge in [0, 0.05) is 19.6 Å². The predicted octanol–water partition coefficient (Wildman–Crippen LogP) is 0.204. The zero-order valence-electron chi connectivity index (χ0n) is 10.1. The average molecular weight is 290 g/mol. The Morgan fingerprint density at radius 1 is 1.17 bits per heavy atom. The van der Waals surface area contributed by atoms with E-state index in [1.54, 1.807) is 0 Å². The summed E-state index contributed by atoms with van der Waals surface area (Å²) in [6, 6.07) is 0. The van der Waals surface area contributed by atoms with Crippen molar-refractivity contribution in [2.24, 2.45) is 0 Å². The molecule has 3 aliphatic rings. The maximum absolute atomic E-state index is 10.7. The number of halogens is 3. The average Bonchev–Trinajstić information content (AvgIpc) is 2.30. The second-order valence-electron chi connectivity index (χ2n) is 4.57. The van der Waals surface area contributed by atoms with E-state index in [9.17, 15) is 13.2 Å². The van der Waals surface area contributed by atoms with Crippen LogP contribution in [0.2, 0.25) is 0 Å². The molecule has 0 aromatic heterocycles. The van der Waals surface area contributed by atoms with E-state index in [0.717, 1.165) is 0 Å². The van der Waals surface area contributed by atoms with E-state index in [4.69, 9.17) is 13.0 Å². The highest BCUT2D eigenvalue weighted by Crippen LogP contribution is 2.20. The van der Waals surface area contributed by atoms with Crippen LogP contribution in [0, 0.1) is 0 Å². The predicted molar refractivity (Wildman–Crippen MR) is 57.6 cm³/mol. The van der Waals surface area contributed by atoms with Crippen LogP contribution in [0.1, 0.15) is 6.92 Å². The lowest BCUT2D eigenvalue weighted by atomic mass is 10.1. The number of likely N-dealkylation sites (N-methyl/N-ethyl adjacent to an activating group) is 1. The third-order valence-corrected chi connectivity index (χ3v) is 4.19. The van der Waals surface area contributed by atoms with Gasteiger partial charge in [0.2, 0.25) is 0 Å². The maximum atomic E-state index is 10.7. The van der Waals surface area contributed by atoms with Crippen molar-refractivity contribution < 1.29 is 30.6 Å². The molecule has 3 saturated heterocycles. The van der Waals surface area contributed by atoms with Gasteiger partial charge in [-0.2, -0.15) is 13.2 Å². The van der Waals surface area contributed by atoms with Crippen LogP contribution in [0.5, 0.6) is 0 Å². The molecule has 0 aromatic rings. The van der Waals surface area contributed by atoms with E-state index in [0.29, 0.717) is 0 Å². The number of quaternary nitrogens is 1. The fourth-order valence-electron chi connectivity index (χ4n) is 2.21. The summed E-state index contributed by atoms with van der Waals surface area (Å²) in [5.74, 6) is 0. The second-order valence-corrected chi connectivity index (χ2v) is 5.94. The first-order valence-corrected chi connectivity index (χ1v) is 7.10. The Labute approximate surface area is 105 Å². The molecular weight excluding hydrogens is 273 g/mol. The van der Waals surface area contributed by atoms with Crippen molar-refractivity contribution >= 4 is 10.1 Å². The van der Waals surface area contributed by atoms with Crippen LogP contribution in [0.3, 0.4) is 0 Å². The van der Waals surface area contributed by atoms with Crippen molar-refractivity contribution in [2.45, 2.75) is 12.4 Å². The number of rotatable bonds is 1. The molecule has 3 aliphatic heterocycles. The molecule has 0 unspecified atom stereocenters. The topological polar surface area (TPSA) is 60.4 Å². The summed E-state index contributed by atoms with van der Waals surface area (Å²) in [5.41, 5.74) is -5.65. The normalized spacial score (nSPS) is 31.7. The molecule has 0 amide bonds. The van der Waals surface area contributed by atoms with E-state index >= 15 is 0 Å². The zero-order chi connectivity index (χ0) is 14.0. The van der Waals surface area contributed by atoms with Gasteiger partial charge in [0.05, 0.1) is 26.2 Å². The monoisotopic (exact) mass is 290 g/mol. The summed E-state index contributed by atoms with van der Waals surface area (Å²) >= 11 is 0. The van der Waals surface area contributed by atoms with Crippen molar-refractivity contribution in [1.29, 1.82) is 0 Å². The quantitative estimate of drug-likeness (QED) is 0.393. The minimum absolute atomic E-state index is 1.36. The maximum Gasteiger partial charge on any atom is 0.485 e. The number of nitrogens with zero attached hydrogens (tertiary/aromatic N) is 2. The first-order chi connectivity index (χ1) is 8.10. The Morgan fingerprint density at radius 2 is 1.50 bits per heavy atom. The molecule has 0 saturated carbocycles. The summed E-state index contributed by atoms with van der Waals surface area (Å²) in [4.78, 5) is 2.59. The third kappa shape index (κ3) is 3.81. The SMILES string of the molecule is CC[N+]12CCN(CC1)CC2.O=S(=O)([O-])C(F)(F)F. The van der Waals surface area contributed by atoms with Gasteiger partial charge >= 0.3 is 5.51 Å². The molecule has 9 heteroatoms. The summed E-state index contributed by atoms with van der Waals surface area (Å²) in [6.07, 6.45) is 0. The third-order valence-electron chi connectivity index (χ3n) is 3.63. The minimum Gasteiger partial charge on any atom is -0.741 e. The van der Waals surface area contributed by atoms with Crippen molar-refractivity contribution in [3.63, 3.8) is 0 Å². The second kappa shape index (κ2) is 5.32. The van der Waals surface area contributed by atoms with E-state index in [1.807, 2.05) is 0 Å². The van der Waals surface area contributed by atoms with Gasteiger partial charge in [-0.15, -0.1) is 0 Å². The molecule has 3 rings (SSSR count). The highest BCUT2D eigenvalue weighted by Gasteiger charge is 2.37. The molecule has 18 heavy (non-hydrogen) atoms. The van der Waals surface area contributed by atoms with E-state index in [2.05, 4.69) is 11.8 Å². The van der Waals surface area contributed by atoms with Gasteiger partial charge in [0.25, 0.3) is 0 Å². The smallest absolute Gasteiger partial charge is 0.485 e. The largest absolute Gasteiger partial charge is 0.741 e. The van der Waals surface area contributed by atoms with Crippen molar-refractivity contribution in [3.8, 4) is 0 Å². The molecule has 0 spiro atoms. The lowest BCUT2D eigenvalue weighted by Gasteiger charge is -2.50. The van der Waals surface area contributed by atoms with Crippen LogP contribution in [-0.2, 0) is 10.1 Å². The molecule has 5 nitrogen and oxygen atoms in total. The van der Waals surface area contributed by atoms with E-state index in [-0.39, 0.29) is 0 Å². The van der Waals surface area contributed by atoms with Crippen molar-refractivity contribution in [1.82, 2.24) is 4.90 Å². The van der Waals surface area contributed by atoms with E-state index in [1.165, 1.54) is 50.3 Å². The fourth-order valence-corrected chi connectivity index (χ4v) is 2.21. The van der Waals surface area contributed by atoms with Crippen molar-refractivity contribution in [2.75, 3.05) is 45.8 Å². The standard InChI is InChI=1S/C8H17N2.CHF3O3S/c1-2-10-6-3-9(4-7-10)5-8-10;2-1(3,4)8(5,6)7/h2-8H2,1H3;(H,5,6,7)/q+1;/p-1. The Hall–Kier alpha value is -0.380. The highest BCUT2D eigenvalue weighted by atomic mass is 32.2. The van der Waals surface area contributed by atoms with E-state index < -0.39 is 15.6 Å². The Morgan fingerprint density at radius 3 is 1.67 bits per heavy atom. The van der Waals surface area contributed by atoms with Crippen LogP contribution >= 0.6 is 0 Å². The lowest BCUT2D eigenvalue weighted by molar-refractivity contribution is -0.939. The zero-order valence-corrected chi connectivity index (χ0v) is 10.9. The molecule has 0 aliphatic carbocycles. The van der Waals surface area contributed by atoms with Crippen LogP contribution in [0.15, 0.2) is 0 Å². The van der Waals surface area contributed by atoms with Crippen molar-refractivity contribution in [3.05, 3.63) is 0 Å². The van der Waals surface area contributed by atoms with Crippen LogP contribution < -0.4 is 0 Å².